The summed E-state index contributed by atoms with van der Waals surface area (Å²) in [7, 11) is 3.08. The van der Waals surface area contributed by atoms with E-state index >= 15 is 0 Å². The Labute approximate surface area is 136 Å². The monoisotopic (exact) mass is 366 g/mol. The van der Waals surface area contributed by atoms with Crippen LogP contribution in [0.15, 0.2) is 40.9 Å². The molecule has 0 saturated heterocycles. The van der Waals surface area contributed by atoms with E-state index in [-0.39, 0.29) is 12.2 Å². The molecular weight excluding hydrogens is 352 g/mol. The molecule has 22 heavy (non-hydrogen) atoms. The third-order valence-corrected chi connectivity index (χ3v) is 3.44. The fraction of sp³-hybridized carbons (Fsp3) is 0.188. The number of rotatable bonds is 6. The summed E-state index contributed by atoms with van der Waals surface area (Å²) >= 11 is 3.37. The van der Waals surface area contributed by atoms with Crippen molar-refractivity contribution >= 4 is 21.9 Å². The van der Waals surface area contributed by atoms with Crippen LogP contribution in [0.3, 0.4) is 0 Å². The average Bonchev–Trinajstić information content (AvgIpc) is 2.52. The third-order valence-electron chi connectivity index (χ3n) is 2.98. The minimum atomic E-state index is -0.972. The first-order valence-electron chi connectivity index (χ1n) is 6.41. The third kappa shape index (κ3) is 3.71. The number of carboxylic acids is 1. The minimum Gasteiger partial charge on any atom is -0.493 e. The van der Waals surface area contributed by atoms with Gasteiger partial charge in [0.2, 0.25) is 5.75 Å². The first-order chi connectivity index (χ1) is 10.5. The lowest BCUT2D eigenvalue weighted by atomic mass is 10.1. The number of carboxylic acid groups (broad SMARTS) is 1. The highest BCUT2D eigenvalue weighted by molar-refractivity contribution is 9.10. The van der Waals surface area contributed by atoms with Gasteiger partial charge in [0, 0.05) is 4.47 Å². The van der Waals surface area contributed by atoms with Crippen LogP contribution in [-0.4, -0.2) is 25.3 Å². The standard InChI is InChI=1S/C16H15BrO5/c1-20-13-7-12(17)8-14(21-2)15(13)22-9-10-4-3-5-11(6-10)16(18)19/h3-8H,9H2,1-2H3,(H,18,19). The Kier molecular flexibility index (Phi) is 5.27. The molecule has 0 aliphatic carbocycles. The first kappa shape index (κ1) is 16.2. The number of aromatic carboxylic acids is 1. The quantitative estimate of drug-likeness (QED) is 0.843. The second-order valence-electron chi connectivity index (χ2n) is 4.43. The van der Waals surface area contributed by atoms with Crippen LogP contribution in [0, 0.1) is 0 Å². The Morgan fingerprint density at radius 1 is 1.14 bits per heavy atom. The molecule has 0 unspecified atom stereocenters. The molecule has 6 heteroatoms. The summed E-state index contributed by atoms with van der Waals surface area (Å²) in [4.78, 5) is 11.0. The molecule has 0 amide bonds. The molecule has 0 aliphatic heterocycles. The van der Waals surface area contributed by atoms with Gasteiger partial charge < -0.3 is 19.3 Å². The predicted octanol–water partition coefficient (Wildman–Crippen LogP) is 3.74. The molecule has 0 radical (unpaired) electrons. The molecule has 2 aromatic rings. The topological polar surface area (TPSA) is 65.0 Å². The van der Waals surface area contributed by atoms with Crippen molar-refractivity contribution < 1.29 is 24.1 Å². The lowest BCUT2D eigenvalue weighted by molar-refractivity contribution is 0.0696. The van der Waals surface area contributed by atoms with Gasteiger partial charge in [0.15, 0.2) is 11.5 Å². The molecule has 2 rings (SSSR count). The molecule has 0 atom stereocenters. The number of hydrogen-bond acceptors (Lipinski definition) is 4. The van der Waals surface area contributed by atoms with Gasteiger partial charge in [-0.3, -0.25) is 0 Å². The fourth-order valence-corrected chi connectivity index (χ4v) is 2.36. The number of ether oxygens (including phenoxy) is 3. The van der Waals surface area contributed by atoms with E-state index in [1.807, 2.05) is 0 Å². The Morgan fingerprint density at radius 3 is 2.32 bits per heavy atom. The van der Waals surface area contributed by atoms with Crippen molar-refractivity contribution in [3.63, 3.8) is 0 Å². The number of halogens is 1. The molecule has 0 aliphatic rings. The summed E-state index contributed by atoms with van der Waals surface area (Å²) in [6.45, 7) is 0.204. The van der Waals surface area contributed by atoms with Gasteiger partial charge in [-0.15, -0.1) is 0 Å². The SMILES string of the molecule is COc1cc(Br)cc(OC)c1OCc1cccc(C(=O)O)c1. The van der Waals surface area contributed by atoms with Gasteiger partial charge in [-0.25, -0.2) is 4.79 Å². The van der Waals surface area contributed by atoms with Crippen molar-refractivity contribution in [3.8, 4) is 17.2 Å². The summed E-state index contributed by atoms with van der Waals surface area (Å²) in [5, 5.41) is 9.00. The summed E-state index contributed by atoms with van der Waals surface area (Å²) in [5.41, 5.74) is 0.961. The zero-order chi connectivity index (χ0) is 16.1. The Morgan fingerprint density at radius 2 is 1.77 bits per heavy atom. The van der Waals surface area contributed by atoms with E-state index in [0.717, 1.165) is 10.0 Å². The summed E-state index contributed by atoms with van der Waals surface area (Å²) in [5.74, 6) is 0.552. The zero-order valence-corrected chi connectivity index (χ0v) is 13.7. The highest BCUT2D eigenvalue weighted by Gasteiger charge is 2.14. The Balaban J connectivity index is 2.24. The van der Waals surface area contributed by atoms with E-state index in [0.29, 0.717) is 17.2 Å². The lowest BCUT2D eigenvalue weighted by Crippen LogP contribution is -2.02. The molecule has 0 aromatic heterocycles. The summed E-state index contributed by atoms with van der Waals surface area (Å²) in [6.07, 6.45) is 0. The number of carbonyl (C=O) groups is 1. The Hall–Kier alpha value is -2.21. The number of methoxy groups -OCH3 is 2. The second-order valence-corrected chi connectivity index (χ2v) is 5.35. The Bertz CT molecular complexity index is 659. The molecule has 0 heterocycles. The van der Waals surface area contributed by atoms with Gasteiger partial charge in [0.05, 0.1) is 19.8 Å². The summed E-state index contributed by atoms with van der Waals surface area (Å²) in [6, 6.07) is 10.1. The van der Waals surface area contributed by atoms with Crippen LogP contribution in [0.4, 0.5) is 0 Å². The molecule has 0 saturated carbocycles. The van der Waals surface area contributed by atoms with Crippen molar-refractivity contribution in [3.05, 3.63) is 52.0 Å². The maximum Gasteiger partial charge on any atom is 0.335 e. The predicted molar refractivity (Wildman–Crippen MR) is 85.0 cm³/mol. The molecule has 1 N–H and O–H groups in total. The van der Waals surface area contributed by atoms with Crippen molar-refractivity contribution in [2.75, 3.05) is 14.2 Å². The molecular formula is C16H15BrO5. The van der Waals surface area contributed by atoms with E-state index in [2.05, 4.69) is 15.9 Å². The van der Waals surface area contributed by atoms with E-state index in [4.69, 9.17) is 19.3 Å². The van der Waals surface area contributed by atoms with Crippen molar-refractivity contribution in [2.45, 2.75) is 6.61 Å². The van der Waals surface area contributed by atoms with Crippen LogP contribution < -0.4 is 14.2 Å². The van der Waals surface area contributed by atoms with Crippen molar-refractivity contribution in [2.24, 2.45) is 0 Å². The first-order valence-corrected chi connectivity index (χ1v) is 7.21. The number of hydrogen-bond donors (Lipinski definition) is 1. The molecule has 0 bridgehead atoms. The molecule has 5 nitrogen and oxygen atoms in total. The average molecular weight is 367 g/mol. The van der Waals surface area contributed by atoms with Crippen LogP contribution in [-0.2, 0) is 6.61 Å². The second kappa shape index (κ2) is 7.17. The minimum absolute atomic E-state index is 0.204. The molecule has 0 fully saturated rings. The fourth-order valence-electron chi connectivity index (χ4n) is 1.94. The molecule has 2 aromatic carbocycles. The molecule has 116 valence electrons. The van der Waals surface area contributed by atoms with Crippen molar-refractivity contribution in [1.82, 2.24) is 0 Å². The normalized spacial score (nSPS) is 10.1. The van der Waals surface area contributed by atoms with Crippen LogP contribution in [0.25, 0.3) is 0 Å². The lowest BCUT2D eigenvalue weighted by Gasteiger charge is -2.15. The van der Waals surface area contributed by atoms with E-state index < -0.39 is 5.97 Å². The summed E-state index contributed by atoms with van der Waals surface area (Å²) < 4.78 is 17.1. The van der Waals surface area contributed by atoms with E-state index in [1.54, 1.807) is 44.6 Å². The van der Waals surface area contributed by atoms with E-state index in [1.165, 1.54) is 6.07 Å². The van der Waals surface area contributed by atoms with Gasteiger partial charge in [-0.05, 0) is 29.8 Å². The maximum absolute atomic E-state index is 11.0. The number of benzene rings is 2. The van der Waals surface area contributed by atoms with Crippen LogP contribution >= 0.6 is 15.9 Å². The van der Waals surface area contributed by atoms with E-state index in [9.17, 15) is 4.79 Å². The maximum atomic E-state index is 11.0. The van der Waals surface area contributed by atoms with Gasteiger partial charge in [0.25, 0.3) is 0 Å². The molecule has 0 spiro atoms. The largest absolute Gasteiger partial charge is 0.493 e. The van der Waals surface area contributed by atoms with Crippen molar-refractivity contribution in [1.29, 1.82) is 0 Å². The van der Waals surface area contributed by atoms with Crippen LogP contribution in [0.1, 0.15) is 15.9 Å². The van der Waals surface area contributed by atoms with Crippen LogP contribution in [0.2, 0.25) is 0 Å². The van der Waals surface area contributed by atoms with Gasteiger partial charge in [0.1, 0.15) is 6.61 Å². The van der Waals surface area contributed by atoms with Gasteiger partial charge >= 0.3 is 5.97 Å². The van der Waals surface area contributed by atoms with Gasteiger partial charge in [-0.2, -0.15) is 0 Å². The van der Waals surface area contributed by atoms with Crippen LogP contribution in [0.5, 0.6) is 17.2 Å². The zero-order valence-electron chi connectivity index (χ0n) is 12.1. The van der Waals surface area contributed by atoms with Gasteiger partial charge in [-0.1, -0.05) is 28.1 Å². The smallest absolute Gasteiger partial charge is 0.335 e. The highest BCUT2D eigenvalue weighted by atomic mass is 79.9. The highest BCUT2D eigenvalue weighted by Crippen LogP contribution is 2.40.